The van der Waals surface area contributed by atoms with Crippen LogP contribution in [0.2, 0.25) is 0 Å². The first kappa shape index (κ1) is 21.1. The summed E-state index contributed by atoms with van der Waals surface area (Å²) in [6.07, 6.45) is 2.67. The summed E-state index contributed by atoms with van der Waals surface area (Å²) < 4.78 is 43.2. The molecule has 0 aromatic heterocycles. The number of piperidine rings is 1. The zero-order valence-electron chi connectivity index (χ0n) is 16.4. The van der Waals surface area contributed by atoms with E-state index >= 15 is 0 Å². The van der Waals surface area contributed by atoms with Crippen molar-refractivity contribution >= 4 is 16.0 Å². The number of hydrogen-bond acceptors (Lipinski definition) is 6. The first-order valence-electron chi connectivity index (χ1n) is 9.55. The van der Waals surface area contributed by atoms with E-state index in [4.69, 9.17) is 14.2 Å². The summed E-state index contributed by atoms with van der Waals surface area (Å²) >= 11 is 0. The van der Waals surface area contributed by atoms with E-state index in [1.807, 2.05) is 0 Å². The Morgan fingerprint density at radius 3 is 2.28 bits per heavy atom. The monoisotopic (exact) mass is 419 g/mol. The van der Waals surface area contributed by atoms with Crippen molar-refractivity contribution in [1.29, 1.82) is 0 Å². The lowest BCUT2D eigenvalue weighted by Gasteiger charge is -2.26. The largest absolute Gasteiger partial charge is 0.497 e. The molecular formula is C21H25NO6S. The first-order valence-corrected chi connectivity index (χ1v) is 11.0. The summed E-state index contributed by atoms with van der Waals surface area (Å²) in [7, 11) is -2.15. The Labute approximate surface area is 171 Å². The maximum atomic E-state index is 13.0. The van der Waals surface area contributed by atoms with Crippen molar-refractivity contribution in [1.82, 2.24) is 4.31 Å². The average Bonchev–Trinajstić information content (AvgIpc) is 2.77. The lowest BCUT2D eigenvalue weighted by molar-refractivity contribution is 0.0445. The van der Waals surface area contributed by atoms with E-state index in [0.717, 1.165) is 25.0 Å². The summed E-state index contributed by atoms with van der Waals surface area (Å²) in [4.78, 5) is 12.5. The smallest absolute Gasteiger partial charge is 0.339 e. The van der Waals surface area contributed by atoms with Crippen molar-refractivity contribution in [2.75, 3.05) is 33.4 Å². The van der Waals surface area contributed by atoms with Gasteiger partial charge in [0, 0.05) is 13.1 Å². The summed E-state index contributed by atoms with van der Waals surface area (Å²) in [6.45, 7) is 1.10. The quantitative estimate of drug-likeness (QED) is 0.483. The molecule has 0 unspecified atom stereocenters. The molecule has 1 fully saturated rings. The van der Waals surface area contributed by atoms with Gasteiger partial charge in [-0.05, 0) is 49.2 Å². The summed E-state index contributed by atoms with van der Waals surface area (Å²) in [6, 6.07) is 13.2. The molecule has 1 aliphatic heterocycles. The van der Waals surface area contributed by atoms with Crippen LogP contribution >= 0.6 is 0 Å². The van der Waals surface area contributed by atoms with Crippen molar-refractivity contribution in [2.24, 2.45) is 0 Å². The summed E-state index contributed by atoms with van der Waals surface area (Å²) in [5.41, 5.74) is 0.0440. The number of rotatable bonds is 8. The van der Waals surface area contributed by atoms with Gasteiger partial charge in [0.25, 0.3) is 0 Å². The highest BCUT2D eigenvalue weighted by Crippen LogP contribution is 2.24. The van der Waals surface area contributed by atoms with Gasteiger partial charge in [-0.3, -0.25) is 0 Å². The Morgan fingerprint density at radius 1 is 0.931 bits per heavy atom. The Bertz CT molecular complexity index is 920. The normalized spacial score (nSPS) is 14.9. The molecule has 1 aliphatic rings. The highest BCUT2D eigenvalue weighted by molar-refractivity contribution is 7.89. The minimum Gasteiger partial charge on any atom is -0.497 e. The third kappa shape index (κ3) is 5.27. The van der Waals surface area contributed by atoms with E-state index in [-0.39, 0.29) is 23.7 Å². The van der Waals surface area contributed by atoms with Crippen LogP contribution < -0.4 is 9.47 Å². The number of methoxy groups -OCH3 is 1. The van der Waals surface area contributed by atoms with E-state index in [2.05, 4.69) is 0 Å². The number of hydrogen-bond donors (Lipinski definition) is 0. The Hall–Kier alpha value is -2.58. The lowest BCUT2D eigenvalue weighted by Crippen LogP contribution is -2.36. The molecule has 8 heteroatoms. The van der Waals surface area contributed by atoms with Crippen molar-refractivity contribution in [3.05, 3.63) is 54.1 Å². The van der Waals surface area contributed by atoms with Gasteiger partial charge in [-0.15, -0.1) is 0 Å². The minimum atomic E-state index is -3.73. The standard InChI is InChI=1S/C21H25NO6S/c1-26-17-9-11-18(12-10-17)27-15-16-28-21(23)19-7-3-4-8-20(19)29(24,25)22-13-5-2-6-14-22/h3-4,7-12H,2,5-6,13-16H2,1H3. The number of ether oxygens (including phenoxy) is 3. The summed E-state index contributed by atoms with van der Waals surface area (Å²) in [5.74, 6) is 0.657. The third-order valence-corrected chi connectivity index (χ3v) is 6.64. The third-order valence-electron chi connectivity index (χ3n) is 4.68. The molecule has 0 saturated carbocycles. The van der Waals surface area contributed by atoms with Gasteiger partial charge >= 0.3 is 5.97 Å². The van der Waals surface area contributed by atoms with Gasteiger partial charge in [0.05, 0.1) is 17.6 Å². The molecule has 0 bridgehead atoms. The van der Waals surface area contributed by atoms with E-state index in [1.54, 1.807) is 43.5 Å². The van der Waals surface area contributed by atoms with Gasteiger partial charge in [-0.2, -0.15) is 4.31 Å². The van der Waals surface area contributed by atoms with Gasteiger partial charge < -0.3 is 14.2 Å². The van der Waals surface area contributed by atoms with Crippen LogP contribution in [0, 0.1) is 0 Å². The lowest BCUT2D eigenvalue weighted by atomic mass is 10.2. The van der Waals surface area contributed by atoms with Gasteiger partial charge in [0.2, 0.25) is 10.0 Å². The topological polar surface area (TPSA) is 82.1 Å². The second kappa shape index (κ2) is 9.76. The predicted octanol–water partition coefficient (Wildman–Crippen LogP) is 3.11. The maximum absolute atomic E-state index is 13.0. The number of benzene rings is 2. The Balaban J connectivity index is 1.60. The molecule has 29 heavy (non-hydrogen) atoms. The molecule has 2 aromatic carbocycles. The van der Waals surface area contributed by atoms with E-state index < -0.39 is 16.0 Å². The van der Waals surface area contributed by atoms with Gasteiger partial charge in [0.1, 0.15) is 24.7 Å². The van der Waals surface area contributed by atoms with Gasteiger partial charge in [-0.1, -0.05) is 18.6 Å². The molecule has 0 spiro atoms. The van der Waals surface area contributed by atoms with Crippen molar-refractivity contribution in [2.45, 2.75) is 24.2 Å². The van der Waals surface area contributed by atoms with Crippen LogP contribution in [0.15, 0.2) is 53.4 Å². The molecule has 2 aromatic rings. The van der Waals surface area contributed by atoms with Crippen LogP contribution in [0.5, 0.6) is 11.5 Å². The molecule has 1 heterocycles. The fourth-order valence-electron chi connectivity index (χ4n) is 3.15. The summed E-state index contributed by atoms with van der Waals surface area (Å²) in [5, 5.41) is 0. The van der Waals surface area contributed by atoms with Gasteiger partial charge in [0.15, 0.2) is 0 Å². The predicted molar refractivity (Wildman–Crippen MR) is 108 cm³/mol. The fourth-order valence-corrected chi connectivity index (χ4v) is 4.85. The molecule has 7 nitrogen and oxygen atoms in total. The van der Waals surface area contributed by atoms with Gasteiger partial charge in [-0.25, -0.2) is 13.2 Å². The molecule has 0 amide bonds. The molecule has 0 atom stereocenters. The molecule has 0 aliphatic carbocycles. The van der Waals surface area contributed by atoms with E-state index in [1.165, 1.54) is 16.4 Å². The van der Waals surface area contributed by atoms with E-state index in [9.17, 15) is 13.2 Å². The van der Waals surface area contributed by atoms with E-state index in [0.29, 0.717) is 18.8 Å². The number of esters is 1. The molecule has 0 N–H and O–H groups in total. The van der Waals surface area contributed by atoms with Crippen molar-refractivity contribution < 1.29 is 27.4 Å². The molecule has 1 saturated heterocycles. The number of nitrogens with zero attached hydrogens (tertiary/aromatic N) is 1. The molecule has 3 rings (SSSR count). The molecule has 156 valence electrons. The first-order chi connectivity index (χ1) is 14.0. The van der Waals surface area contributed by atoms with Crippen LogP contribution in [0.4, 0.5) is 0 Å². The Morgan fingerprint density at radius 2 is 1.59 bits per heavy atom. The second-order valence-electron chi connectivity index (χ2n) is 6.62. The van der Waals surface area contributed by atoms with Crippen LogP contribution in [0.1, 0.15) is 29.6 Å². The van der Waals surface area contributed by atoms with Crippen molar-refractivity contribution in [3.63, 3.8) is 0 Å². The average molecular weight is 419 g/mol. The van der Waals surface area contributed by atoms with Crippen LogP contribution in [-0.4, -0.2) is 52.1 Å². The minimum absolute atomic E-state index is 0.00294. The molecule has 0 radical (unpaired) electrons. The highest BCUT2D eigenvalue weighted by Gasteiger charge is 2.30. The second-order valence-corrected chi connectivity index (χ2v) is 8.53. The Kier molecular flexibility index (Phi) is 7.11. The van der Waals surface area contributed by atoms with Crippen LogP contribution in [-0.2, 0) is 14.8 Å². The van der Waals surface area contributed by atoms with Crippen LogP contribution in [0.3, 0.4) is 0 Å². The zero-order chi connectivity index (χ0) is 20.7. The highest BCUT2D eigenvalue weighted by atomic mass is 32.2. The zero-order valence-corrected chi connectivity index (χ0v) is 17.2. The van der Waals surface area contributed by atoms with Crippen molar-refractivity contribution in [3.8, 4) is 11.5 Å². The maximum Gasteiger partial charge on any atom is 0.339 e. The molecular weight excluding hydrogens is 394 g/mol. The fraction of sp³-hybridized carbons (Fsp3) is 0.381. The number of carbonyl (C=O) groups excluding carboxylic acids is 1. The van der Waals surface area contributed by atoms with Crippen LogP contribution in [0.25, 0.3) is 0 Å². The SMILES string of the molecule is COc1ccc(OCCOC(=O)c2ccccc2S(=O)(=O)N2CCCCC2)cc1. The number of sulfonamides is 1. The number of carbonyl (C=O) groups is 1.